The quantitative estimate of drug-likeness (QED) is 0.849. The number of hydrogen-bond donors (Lipinski definition) is 1. The lowest BCUT2D eigenvalue weighted by Gasteiger charge is -2.27. The van der Waals surface area contributed by atoms with E-state index in [0.717, 1.165) is 25.7 Å². The van der Waals surface area contributed by atoms with Crippen LogP contribution in [0.3, 0.4) is 0 Å². The second-order valence-electron chi connectivity index (χ2n) is 5.84. The summed E-state index contributed by atoms with van der Waals surface area (Å²) in [5, 5.41) is 4.14. The van der Waals surface area contributed by atoms with E-state index in [9.17, 15) is 0 Å². The molecular weight excluding hydrogens is 242 g/mol. The predicted molar refractivity (Wildman–Crippen MR) is 72.5 cm³/mol. The Hall–Kier alpha value is -0.940. The lowest BCUT2D eigenvalue weighted by molar-refractivity contribution is -0.0365. The van der Waals surface area contributed by atoms with Gasteiger partial charge in [0.25, 0.3) is 0 Å². The molecule has 0 amide bonds. The molecule has 19 heavy (non-hydrogen) atoms. The molecule has 108 valence electrons. The van der Waals surface area contributed by atoms with Gasteiger partial charge in [0.2, 0.25) is 11.7 Å². The minimum absolute atomic E-state index is 0.207. The van der Waals surface area contributed by atoms with Crippen molar-refractivity contribution in [1.82, 2.24) is 10.1 Å². The van der Waals surface area contributed by atoms with Crippen molar-refractivity contribution < 1.29 is 9.26 Å². The minimum atomic E-state index is -0.380. The van der Waals surface area contributed by atoms with Crippen LogP contribution in [0.2, 0.25) is 0 Å². The van der Waals surface area contributed by atoms with E-state index in [1.807, 2.05) is 13.8 Å². The van der Waals surface area contributed by atoms with Gasteiger partial charge < -0.3 is 15.0 Å². The van der Waals surface area contributed by atoms with Crippen LogP contribution in [0.5, 0.6) is 0 Å². The Morgan fingerprint density at radius 1 is 1.21 bits per heavy atom. The normalized spacial score (nSPS) is 21.3. The predicted octanol–water partition coefficient (Wildman–Crippen LogP) is 2.92. The summed E-state index contributed by atoms with van der Waals surface area (Å²) in [6.45, 7) is 4.10. The summed E-state index contributed by atoms with van der Waals surface area (Å²) in [4.78, 5) is 4.51. The van der Waals surface area contributed by atoms with Crippen molar-refractivity contribution in [2.45, 2.75) is 64.0 Å². The Morgan fingerprint density at radius 3 is 2.37 bits per heavy atom. The van der Waals surface area contributed by atoms with Crippen LogP contribution in [-0.4, -0.2) is 17.3 Å². The third-order valence-corrected chi connectivity index (χ3v) is 4.15. The maximum Gasteiger partial charge on any atom is 0.243 e. The van der Waals surface area contributed by atoms with Gasteiger partial charge in [0.15, 0.2) is 0 Å². The molecule has 0 aliphatic heterocycles. The van der Waals surface area contributed by atoms with E-state index in [4.69, 9.17) is 15.0 Å². The highest BCUT2D eigenvalue weighted by molar-refractivity contribution is 5.04. The average Bonchev–Trinajstić information content (AvgIpc) is 2.77. The first-order chi connectivity index (χ1) is 9.09. The van der Waals surface area contributed by atoms with E-state index >= 15 is 0 Å². The highest BCUT2D eigenvalue weighted by Crippen LogP contribution is 2.37. The molecule has 2 rings (SSSR count). The zero-order valence-electron chi connectivity index (χ0n) is 12.2. The van der Waals surface area contributed by atoms with Gasteiger partial charge in [0.05, 0.1) is 6.04 Å². The summed E-state index contributed by atoms with van der Waals surface area (Å²) in [7, 11) is 1.74. The largest absolute Gasteiger partial charge is 0.370 e. The Bertz CT molecular complexity index is 395. The van der Waals surface area contributed by atoms with E-state index in [1.165, 1.54) is 12.8 Å². The van der Waals surface area contributed by atoms with Crippen LogP contribution in [0.25, 0.3) is 0 Å². The molecular formula is C14H25N3O2. The van der Waals surface area contributed by atoms with E-state index in [1.54, 1.807) is 7.11 Å². The van der Waals surface area contributed by atoms with Crippen molar-refractivity contribution in [2.75, 3.05) is 7.11 Å². The highest BCUT2D eigenvalue weighted by atomic mass is 16.5. The van der Waals surface area contributed by atoms with Crippen LogP contribution in [0.1, 0.15) is 70.1 Å². The Labute approximate surface area is 114 Å². The van der Waals surface area contributed by atoms with Crippen molar-refractivity contribution in [3.8, 4) is 0 Å². The molecule has 1 atom stereocenters. The van der Waals surface area contributed by atoms with Gasteiger partial charge in [-0.1, -0.05) is 44.7 Å². The molecule has 1 unspecified atom stereocenters. The van der Waals surface area contributed by atoms with Crippen LogP contribution in [0.15, 0.2) is 4.52 Å². The SMILES string of the molecule is COC1(c2noc(C(N)C(C)C)n2)CCCCCC1. The average molecular weight is 267 g/mol. The Morgan fingerprint density at radius 2 is 1.84 bits per heavy atom. The van der Waals surface area contributed by atoms with Crippen molar-refractivity contribution in [3.05, 3.63) is 11.7 Å². The van der Waals surface area contributed by atoms with E-state index in [0.29, 0.717) is 11.7 Å². The van der Waals surface area contributed by atoms with Crippen molar-refractivity contribution >= 4 is 0 Å². The number of nitrogens with two attached hydrogens (primary N) is 1. The summed E-state index contributed by atoms with van der Waals surface area (Å²) in [6.07, 6.45) is 6.71. The number of aromatic nitrogens is 2. The van der Waals surface area contributed by atoms with Crippen molar-refractivity contribution in [2.24, 2.45) is 11.7 Å². The molecule has 1 aliphatic carbocycles. The molecule has 1 aromatic heterocycles. The number of rotatable bonds is 4. The zero-order valence-corrected chi connectivity index (χ0v) is 12.2. The molecule has 2 N–H and O–H groups in total. The standard InChI is InChI=1S/C14H25N3O2/c1-10(2)11(15)12-16-13(17-19-12)14(18-3)8-6-4-5-7-9-14/h10-11H,4-9,15H2,1-3H3. The van der Waals surface area contributed by atoms with Crippen LogP contribution >= 0.6 is 0 Å². The number of methoxy groups -OCH3 is 1. The van der Waals surface area contributed by atoms with Gasteiger partial charge in [-0.15, -0.1) is 0 Å². The summed E-state index contributed by atoms with van der Waals surface area (Å²) < 4.78 is 11.1. The highest BCUT2D eigenvalue weighted by Gasteiger charge is 2.38. The second kappa shape index (κ2) is 6.01. The maximum atomic E-state index is 6.06. The van der Waals surface area contributed by atoms with Crippen LogP contribution < -0.4 is 5.73 Å². The first kappa shape index (κ1) is 14.5. The fraction of sp³-hybridized carbons (Fsp3) is 0.857. The van der Waals surface area contributed by atoms with Gasteiger partial charge in [-0.3, -0.25) is 0 Å². The molecule has 1 heterocycles. The van der Waals surface area contributed by atoms with Gasteiger partial charge in [0.1, 0.15) is 5.60 Å². The summed E-state index contributed by atoms with van der Waals surface area (Å²) in [6, 6.07) is -0.207. The molecule has 5 nitrogen and oxygen atoms in total. The fourth-order valence-electron chi connectivity index (χ4n) is 2.66. The van der Waals surface area contributed by atoms with Crippen molar-refractivity contribution in [1.29, 1.82) is 0 Å². The number of hydrogen-bond acceptors (Lipinski definition) is 5. The smallest absolute Gasteiger partial charge is 0.243 e. The van der Waals surface area contributed by atoms with Gasteiger partial charge in [-0.05, 0) is 18.8 Å². The number of nitrogens with zero attached hydrogens (tertiary/aromatic N) is 2. The number of ether oxygens (including phenoxy) is 1. The van der Waals surface area contributed by atoms with E-state index in [-0.39, 0.29) is 17.6 Å². The monoisotopic (exact) mass is 267 g/mol. The Kier molecular flexibility index (Phi) is 4.58. The van der Waals surface area contributed by atoms with Gasteiger partial charge in [-0.25, -0.2) is 0 Å². The van der Waals surface area contributed by atoms with Gasteiger partial charge >= 0.3 is 0 Å². The zero-order chi connectivity index (χ0) is 13.9. The fourth-order valence-corrected chi connectivity index (χ4v) is 2.66. The van der Waals surface area contributed by atoms with Gasteiger partial charge in [0, 0.05) is 7.11 Å². The third-order valence-electron chi connectivity index (χ3n) is 4.15. The van der Waals surface area contributed by atoms with E-state index < -0.39 is 0 Å². The third kappa shape index (κ3) is 2.98. The molecule has 1 aliphatic rings. The maximum absolute atomic E-state index is 6.06. The lowest BCUT2D eigenvalue weighted by atomic mass is 9.93. The molecule has 0 radical (unpaired) electrons. The first-order valence-corrected chi connectivity index (χ1v) is 7.24. The lowest BCUT2D eigenvalue weighted by Crippen LogP contribution is -2.29. The molecule has 1 aromatic rings. The first-order valence-electron chi connectivity index (χ1n) is 7.24. The van der Waals surface area contributed by atoms with Crippen LogP contribution in [-0.2, 0) is 10.3 Å². The summed E-state index contributed by atoms with van der Waals surface area (Å²) in [5.41, 5.74) is 5.68. The molecule has 0 spiro atoms. The molecule has 1 saturated carbocycles. The summed E-state index contributed by atoms with van der Waals surface area (Å²) >= 11 is 0. The second-order valence-corrected chi connectivity index (χ2v) is 5.84. The minimum Gasteiger partial charge on any atom is -0.370 e. The molecule has 0 aromatic carbocycles. The van der Waals surface area contributed by atoms with Crippen molar-refractivity contribution in [3.63, 3.8) is 0 Å². The molecule has 0 bridgehead atoms. The Balaban J connectivity index is 2.23. The molecule has 0 saturated heterocycles. The molecule has 5 heteroatoms. The van der Waals surface area contributed by atoms with Crippen LogP contribution in [0.4, 0.5) is 0 Å². The molecule has 1 fully saturated rings. The van der Waals surface area contributed by atoms with E-state index in [2.05, 4.69) is 10.1 Å². The topological polar surface area (TPSA) is 74.2 Å². The van der Waals surface area contributed by atoms with Gasteiger partial charge in [-0.2, -0.15) is 4.98 Å². The summed E-state index contributed by atoms with van der Waals surface area (Å²) in [5.74, 6) is 1.47. The van der Waals surface area contributed by atoms with Crippen LogP contribution in [0, 0.1) is 5.92 Å².